The van der Waals surface area contributed by atoms with Crippen molar-refractivity contribution in [2.24, 2.45) is 5.92 Å². The van der Waals surface area contributed by atoms with Crippen LogP contribution < -0.4 is 0 Å². The SMILES string of the molecule is CC#C[C@H]1C[C@@H](N(C)C)C1. The molecule has 0 aliphatic heterocycles. The molecule has 1 rings (SSSR count). The van der Waals surface area contributed by atoms with E-state index in [4.69, 9.17) is 0 Å². The number of nitrogens with zero attached hydrogens (tertiary/aromatic N) is 1. The highest BCUT2D eigenvalue weighted by Gasteiger charge is 2.28. The highest BCUT2D eigenvalue weighted by atomic mass is 15.1. The summed E-state index contributed by atoms with van der Waals surface area (Å²) in [7, 11) is 4.28. The minimum Gasteiger partial charge on any atom is -0.306 e. The first-order valence-electron chi connectivity index (χ1n) is 3.82. The molecule has 0 unspecified atom stereocenters. The fourth-order valence-corrected chi connectivity index (χ4v) is 1.33. The lowest BCUT2D eigenvalue weighted by Crippen LogP contribution is -2.39. The van der Waals surface area contributed by atoms with Crippen LogP contribution in [-0.2, 0) is 0 Å². The summed E-state index contributed by atoms with van der Waals surface area (Å²) >= 11 is 0. The lowest BCUT2D eigenvalue weighted by Gasteiger charge is -2.36. The van der Waals surface area contributed by atoms with Crippen molar-refractivity contribution in [3.63, 3.8) is 0 Å². The normalized spacial score (nSPS) is 30.8. The molecule has 1 saturated carbocycles. The molecule has 1 nitrogen and oxygen atoms in total. The Morgan fingerprint density at radius 3 is 2.30 bits per heavy atom. The van der Waals surface area contributed by atoms with E-state index in [1.807, 2.05) is 6.92 Å². The fourth-order valence-electron chi connectivity index (χ4n) is 1.33. The summed E-state index contributed by atoms with van der Waals surface area (Å²) in [6, 6.07) is 0.797. The second kappa shape index (κ2) is 3.07. The van der Waals surface area contributed by atoms with Crippen molar-refractivity contribution in [2.75, 3.05) is 14.1 Å². The van der Waals surface area contributed by atoms with Crippen LogP contribution in [0.1, 0.15) is 19.8 Å². The van der Waals surface area contributed by atoms with Gasteiger partial charge in [-0.3, -0.25) is 0 Å². The number of hydrogen-bond acceptors (Lipinski definition) is 1. The number of hydrogen-bond donors (Lipinski definition) is 0. The molecule has 0 N–H and O–H groups in total. The van der Waals surface area contributed by atoms with Gasteiger partial charge in [0.15, 0.2) is 0 Å². The molecule has 1 heteroatoms. The van der Waals surface area contributed by atoms with E-state index in [1.165, 1.54) is 12.8 Å². The van der Waals surface area contributed by atoms with Crippen LogP contribution in [0.25, 0.3) is 0 Å². The Hall–Kier alpha value is -0.480. The van der Waals surface area contributed by atoms with Crippen LogP contribution in [0, 0.1) is 17.8 Å². The third kappa shape index (κ3) is 1.52. The first-order chi connectivity index (χ1) is 4.74. The van der Waals surface area contributed by atoms with Gasteiger partial charge in [-0.05, 0) is 33.9 Å². The minimum absolute atomic E-state index is 0.692. The van der Waals surface area contributed by atoms with Gasteiger partial charge in [-0.1, -0.05) is 0 Å². The van der Waals surface area contributed by atoms with Gasteiger partial charge in [-0.15, -0.1) is 11.8 Å². The van der Waals surface area contributed by atoms with E-state index < -0.39 is 0 Å². The van der Waals surface area contributed by atoms with Gasteiger partial charge >= 0.3 is 0 Å². The fraction of sp³-hybridized carbons (Fsp3) is 0.778. The highest BCUT2D eigenvalue weighted by Crippen LogP contribution is 2.29. The monoisotopic (exact) mass is 137 g/mol. The average Bonchev–Trinajstić information content (AvgIpc) is 1.76. The molecule has 1 aliphatic carbocycles. The molecule has 10 heavy (non-hydrogen) atoms. The molecular formula is C9H15N. The second-order valence-electron chi connectivity index (χ2n) is 3.18. The first kappa shape index (κ1) is 7.63. The summed E-state index contributed by atoms with van der Waals surface area (Å²) < 4.78 is 0. The van der Waals surface area contributed by atoms with Gasteiger partial charge in [0.2, 0.25) is 0 Å². The summed E-state index contributed by atoms with van der Waals surface area (Å²) in [5.41, 5.74) is 0. The predicted molar refractivity (Wildman–Crippen MR) is 43.6 cm³/mol. The minimum atomic E-state index is 0.692. The van der Waals surface area contributed by atoms with E-state index in [9.17, 15) is 0 Å². The summed E-state index contributed by atoms with van der Waals surface area (Å²) in [6.07, 6.45) is 2.54. The second-order valence-corrected chi connectivity index (χ2v) is 3.18. The average molecular weight is 137 g/mol. The van der Waals surface area contributed by atoms with Crippen molar-refractivity contribution in [2.45, 2.75) is 25.8 Å². The zero-order chi connectivity index (χ0) is 7.56. The Morgan fingerprint density at radius 1 is 1.30 bits per heavy atom. The first-order valence-corrected chi connectivity index (χ1v) is 3.82. The molecular weight excluding hydrogens is 122 g/mol. The van der Waals surface area contributed by atoms with Crippen LogP contribution in [0.15, 0.2) is 0 Å². The Bertz CT molecular complexity index is 155. The summed E-state index contributed by atoms with van der Waals surface area (Å²) in [5.74, 6) is 6.84. The van der Waals surface area contributed by atoms with Crippen molar-refractivity contribution in [1.29, 1.82) is 0 Å². The van der Waals surface area contributed by atoms with Gasteiger partial charge in [0.1, 0.15) is 0 Å². The van der Waals surface area contributed by atoms with Crippen LogP contribution >= 0.6 is 0 Å². The van der Waals surface area contributed by atoms with E-state index in [0.29, 0.717) is 5.92 Å². The predicted octanol–water partition coefficient (Wildman–Crippen LogP) is 1.35. The number of rotatable bonds is 1. The Morgan fingerprint density at radius 2 is 1.90 bits per heavy atom. The van der Waals surface area contributed by atoms with Crippen LogP contribution in [-0.4, -0.2) is 25.0 Å². The highest BCUT2D eigenvalue weighted by molar-refractivity contribution is 5.07. The molecule has 0 spiro atoms. The van der Waals surface area contributed by atoms with Crippen molar-refractivity contribution in [3.05, 3.63) is 0 Å². The molecule has 0 heterocycles. The molecule has 56 valence electrons. The van der Waals surface area contributed by atoms with Gasteiger partial charge in [0, 0.05) is 12.0 Å². The summed E-state index contributed by atoms with van der Waals surface area (Å²) in [6.45, 7) is 1.92. The molecule has 0 atom stereocenters. The quantitative estimate of drug-likeness (QED) is 0.493. The van der Waals surface area contributed by atoms with E-state index in [-0.39, 0.29) is 0 Å². The van der Waals surface area contributed by atoms with Crippen molar-refractivity contribution in [3.8, 4) is 11.8 Å². The van der Waals surface area contributed by atoms with Gasteiger partial charge in [-0.2, -0.15) is 0 Å². The molecule has 0 aromatic heterocycles. The smallest absolute Gasteiger partial charge is 0.0232 e. The Kier molecular flexibility index (Phi) is 2.34. The van der Waals surface area contributed by atoms with E-state index in [1.54, 1.807) is 0 Å². The third-order valence-corrected chi connectivity index (χ3v) is 2.19. The van der Waals surface area contributed by atoms with Crippen LogP contribution in [0.3, 0.4) is 0 Å². The van der Waals surface area contributed by atoms with Crippen molar-refractivity contribution < 1.29 is 0 Å². The lowest BCUT2D eigenvalue weighted by atomic mass is 9.80. The van der Waals surface area contributed by atoms with Crippen LogP contribution in [0.2, 0.25) is 0 Å². The van der Waals surface area contributed by atoms with E-state index >= 15 is 0 Å². The molecule has 0 aromatic rings. The Balaban J connectivity index is 2.22. The standard InChI is InChI=1S/C9H15N/c1-4-5-8-6-9(7-8)10(2)3/h8-9H,6-7H2,1-3H3/t8-,9+. The molecule has 0 saturated heterocycles. The van der Waals surface area contributed by atoms with Gasteiger partial charge in [-0.25, -0.2) is 0 Å². The zero-order valence-corrected chi connectivity index (χ0v) is 7.02. The Labute approximate surface area is 63.4 Å². The van der Waals surface area contributed by atoms with Gasteiger partial charge in [0.25, 0.3) is 0 Å². The van der Waals surface area contributed by atoms with E-state index in [0.717, 1.165) is 6.04 Å². The topological polar surface area (TPSA) is 3.24 Å². The summed E-state index contributed by atoms with van der Waals surface area (Å²) in [5, 5.41) is 0. The molecule has 0 bridgehead atoms. The van der Waals surface area contributed by atoms with E-state index in [2.05, 4.69) is 30.8 Å². The van der Waals surface area contributed by atoms with Crippen LogP contribution in [0.4, 0.5) is 0 Å². The molecule has 1 aliphatic rings. The van der Waals surface area contributed by atoms with Gasteiger partial charge < -0.3 is 4.90 Å². The zero-order valence-electron chi connectivity index (χ0n) is 7.02. The van der Waals surface area contributed by atoms with Crippen LogP contribution in [0.5, 0.6) is 0 Å². The molecule has 1 fully saturated rings. The maximum atomic E-state index is 3.19. The van der Waals surface area contributed by atoms with Gasteiger partial charge in [0.05, 0.1) is 0 Å². The largest absolute Gasteiger partial charge is 0.306 e. The molecule has 0 radical (unpaired) electrons. The van der Waals surface area contributed by atoms with Crippen molar-refractivity contribution >= 4 is 0 Å². The van der Waals surface area contributed by atoms with Crippen molar-refractivity contribution in [1.82, 2.24) is 4.90 Å². The lowest BCUT2D eigenvalue weighted by molar-refractivity contribution is 0.156. The molecule has 0 aromatic carbocycles. The maximum Gasteiger partial charge on any atom is 0.0232 e. The molecule has 0 amide bonds. The maximum absolute atomic E-state index is 3.19. The third-order valence-electron chi connectivity index (χ3n) is 2.19. The summed E-state index contributed by atoms with van der Waals surface area (Å²) in [4.78, 5) is 2.29.